The third-order valence-corrected chi connectivity index (χ3v) is 5.94. The Morgan fingerprint density at radius 3 is 2.58 bits per heavy atom. The zero-order valence-corrected chi connectivity index (χ0v) is 16.8. The maximum absolute atomic E-state index is 12.2. The molecule has 0 heterocycles. The average Bonchev–Trinajstić information content (AvgIpc) is 2.60. The molecule has 2 rings (SSSR count). The van der Waals surface area contributed by atoms with Crippen molar-refractivity contribution < 1.29 is 17.9 Å². The molecule has 0 atom stereocenters. The van der Waals surface area contributed by atoms with E-state index >= 15 is 0 Å². The molecule has 6 nitrogen and oxygen atoms in total. The van der Waals surface area contributed by atoms with Gasteiger partial charge in [0.25, 0.3) is 5.91 Å². The first-order valence-corrected chi connectivity index (χ1v) is 10.9. The third-order valence-electron chi connectivity index (χ3n) is 4.22. The zero-order valence-electron chi connectivity index (χ0n) is 15.3. The summed E-state index contributed by atoms with van der Waals surface area (Å²) in [4.78, 5) is 12.1. The highest BCUT2D eigenvalue weighted by Crippen LogP contribution is 2.27. The summed E-state index contributed by atoms with van der Waals surface area (Å²) in [5.41, 5.74) is 0. The first-order valence-electron chi connectivity index (χ1n) is 8.99. The lowest BCUT2D eigenvalue weighted by Crippen LogP contribution is -2.39. The van der Waals surface area contributed by atoms with Gasteiger partial charge in [0.2, 0.25) is 10.0 Å². The molecule has 1 aromatic carbocycles. The van der Waals surface area contributed by atoms with Crippen molar-refractivity contribution in [3.05, 3.63) is 23.2 Å². The predicted molar refractivity (Wildman–Crippen MR) is 102 cm³/mol. The van der Waals surface area contributed by atoms with Crippen LogP contribution in [0.5, 0.6) is 5.75 Å². The minimum atomic E-state index is -3.61. The van der Waals surface area contributed by atoms with E-state index in [0.29, 0.717) is 6.54 Å². The molecule has 0 aliphatic heterocycles. The van der Waals surface area contributed by atoms with E-state index in [1.54, 1.807) is 0 Å². The van der Waals surface area contributed by atoms with Gasteiger partial charge in [-0.15, -0.1) is 0 Å². The molecule has 0 saturated heterocycles. The van der Waals surface area contributed by atoms with Crippen LogP contribution in [-0.4, -0.2) is 33.5 Å². The first kappa shape index (κ1) is 21.0. The Labute approximate surface area is 160 Å². The van der Waals surface area contributed by atoms with Crippen molar-refractivity contribution in [2.75, 3.05) is 13.2 Å². The number of hydrogen-bond donors (Lipinski definition) is 2. The molecule has 0 unspecified atom stereocenters. The Balaban J connectivity index is 1.91. The van der Waals surface area contributed by atoms with Crippen molar-refractivity contribution in [2.45, 2.75) is 56.9 Å². The molecule has 1 amide bonds. The number of carbonyl (C=O) groups is 1. The van der Waals surface area contributed by atoms with Crippen LogP contribution in [0.4, 0.5) is 0 Å². The van der Waals surface area contributed by atoms with Crippen LogP contribution >= 0.6 is 11.6 Å². The van der Waals surface area contributed by atoms with Gasteiger partial charge in [0.05, 0.1) is 9.92 Å². The molecule has 0 radical (unpaired) electrons. The van der Waals surface area contributed by atoms with Gasteiger partial charge in [-0.3, -0.25) is 4.79 Å². The zero-order chi connectivity index (χ0) is 19.2. The van der Waals surface area contributed by atoms with E-state index in [1.165, 1.54) is 24.6 Å². The van der Waals surface area contributed by atoms with Crippen molar-refractivity contribution in [1.82, 2.24) is 10.0 Å². The molecule has 1 aliphatic rings. The summed E-state index contributed by atoms with van der Waals surface area (Å²) in [6, 6.07) is 4.44. The second kappa shape index (κ2) is 9.58. The Hall–Kier alpha value is -1.31. The maximum Gasteiger partial charge on any atom is 0.258 e. The van der Waals surface area contributed by atoms with Crippen LogP contribution in [0.2, 0.25) is 5.02 Å². The van der Waals surface area contributed by atoms with E-state index in [0.717, 1.165) is 25.7 Å². The third kappa shape index (κ3) is 6.45. The standard InChI is InChI=1S/C18H27ClN2O4S/c1-13(2)11-20-26(23,24)15-8-9-17(16(19)10-15)25-12-18(22)21-14-6-4-3-5-7-14/h8-10,13-14,20H,3-7,11-12H2,1-2H3,(H,21,22). The van der Waals surface area contributed by atoms with Gasteiger partial charge in [-0.2, -0.15) is 0 Å². The molecule has 1 aliphatic carbocycles. The summed E-state index contributed by atoms with van der Waals surface area (Å²) < 4.78 is 32.4. The van der Waals surface area contributed by atoms with Crippen molar-refractivity contribution in [3.8, 4) is 5.75 Å². The first-order chi connectivity index (χ1) is 12.3. The van der Waals surface area contributed by atoms with Crippen LogP contribution in [-0.2, 0) is 14.8 Å². The second-order valence-electron chi connectivity index (χ2n) is 7.03. The van der Waals surface area contributed by atoms with E-state index in [-0.39, 0.29) is 40.1 Å². The minimum Gasteiger partial charge on any atom is -0.482 e. The number of carbonyl (C=O) groups excluding carboxylic acids is 1. The van der Waals surface area contributed by atoms with Crippen LogP contribution in [0.1, 0.15) is 46.0 Å². The smallest absolute Gasteiger partial charge is 0.258 e. The fourth-order valence-corrected chi connectivity index (χ4v) is 4.32. The lowest BCUT2D eigenvalue weighted by atomic mass is 9.95. The number of ether oxygens (including phenoxy) is 1. The number of nitrogens with one attached hydrogen (secondary N) is 2. The van der Waals surface area contributed by atoms with Crippen molar-refractivity contribution in [2.24, 2.45) is 5.92 Å². The van der Waals surface area contributed by atoms with Gasteiger partial charge in [-0.05, 0) is 37.0 Å². The number of amides is 1. The summed E-state index contributed by atoms with van der Waals surface area (Å²) in [5, 5.41) is 3.11. The van der Waals surface area contributed by atoms with Crippen LogP contribution in [0, 0.1) is 5.92 Å². The Kier molecular flexibility index (Phi) is 7.73. The van der Waals surface area contributed by atoms with Crippen LogP contribution < -0.4 is 14.8 Å². The molecule has 2 N–H and O–H groups in total. The molecule has 0 aromatic heterocycles. The topological polar surface area (TPSA) is 84.5 Å². The number of sulfonamides is 1. The SMILES string of the molecule is CC(C)CNS(=O)(=O)c1ccc(OCC(=O)NC2CCCCC2)c(Cl)c1. The quantitative estimate of drug-likeness (QED) is 0.699. The summed E-state index contributed by atoms with van der Waals surface area (Å²) in [6.45, 7) is 4.04. The predicted octanol–water partition coefficient (Wildman–Crippen LogP) is 3.10. The fourth-order valence-electron chi connectivity index (χ4n) is 2.79. The molecule has 1 aromatic rings. The summed E-state index contributed by atoms with van der Waals surface area (Å²) in [6.07, 6.45) is 5.50. The van der Waals surface area contributed by atoms with Gasteiger partial charge in [-0.1, -0.05) is 44.7 Å². The van der Waals surface area contributed by atoms with E-state index in [1.807, 2.05) is 13.8 Å². The molecule has 146 valence electrons. The molecule has 1 saturated carbocycles. The summed E-state index contributed by atoms with van der Waals surface area (Å²) >= 11 is 6.12. The van der Waals surface area contributed by atoms with Gasteiger partial charge in [0.1, 0.15) is 5.75 Å². The van der Waals surface area contributed by atoms with Gasteiger partial charge < -0.3 is 10.1 Å². The monoisotopic (exact) mass is 402 g/mol. The number of halogens is 1. The molecule has 0 spiro atoms. The molecule has 1 fully saturated rings. The van der Waals surface area contributed by atoms with Gasteiger partial charge in [-0.25, -0.2) is 13.1 Å². The Morgan fingerprint density at radius 1 is 1.27 bits per heavy atom. The highest BCUT2D eigenvalue weighted by atomic mass is 35.5. The Bertz CT molecular complexity index is 716. The van der Waals surface area contributed by atoms with Crippen LogP contribution in [0.15, 0.2) is 23.1 Å². The van der Waals surface area contributed by atoms with E-state index in [9.17, 15) is 13.2 Å². The maximum atomic E-state index is 12.2. The second-order valence-corrected chi connectivity index (χ2v) is 9.20. The molecule has 26 heavy (non-hydrogen) atoms. The summed E-state index contributed by atoms with van der Waals surface area (Å²) in [7, 11) is -3.61. The highest BCUT2D eigenvalue weighted by molar-refractivity contribution is 7.89. The lowest BCUT2D eigenvalue weighted by molar-refractivity contribution is -0.124. The van der Waals surface area contributed by atoms with E-state index in [2.05, 4.69) is 10.0 Å². The van der Waals surface area contributed by atoms with Crippen molar-refractivity contribution >= 4 is 27.5 Å². The van der Waals surface area contributed by atoms with Gasteiger partial charge in [0.15, 0.2) is 6.61 Å². The van der Waals surface area contributed by atoms with Crippen molar-refractivity contribution in [1.29, 1.82) is 0 Å². The van der Waals surface area contributed by atoms with E-state index < -0.39 is 10.0 Å². The van der Waals surface area contributed by atoms with Gasteiger partial charge >= 0.3 is 0 Å². The highest BCUT2D eigenvalue weighted by Gasteiger charge is 2.18. The van der Waals surface area contributed by atoms with Gasteiger partial charge in [0, 0.05) is 12.6 Å². The molecule has 0 bridgehead atoms. The summed E-state index contributed by atoms with van der Waals surface area (Å²) in [5.74, 6) is 0.294. The Morgan fingerprint density at radius 2 is 1.96 bits per heavy atom. The van der Waals surface area contributed by atoms with Crippen molar-refractivity contribution in [3.63, 3.8) is 0 Å². The lowest BCUT2D eigenvalue weighted by Gasteiger charge is -2.22. The molecular formula is C18H27ClN2O4S. The van der Waals surface area contributed by atoms with Crippen LogP contribution in [0.3, 0.4) is 0 Å². The molecule has 8 heteroatoms. The average molecular weight is 403 g/mol. The number of hydrogen-bond acceptors (Lipinski definition) is 4. The fraction of sp³-hybridized carbons (Fsp3) is 0.611. The normalized spacial score (nSPS) is 15.8. The van der Waals surface area contributed by atoms with Crippen LogP contribution in [0.25, 0.3) is 0 Å². The number of rotatable bonds is 8. The number of benzene rings is 1. The largest absolute Gasteiger partial charge is 0.482 e. The molecular weight excluding hydrogens is 376 g/mol. The minimum absolute atomic E-state index is 0.0714. The van der Waals surface area contributed by atoms with E-state index in [4.69, 9.17) is 16.3 Å².